The summed E-state index contributed by atoms with van der Waals surface area (Å²) >= 11 is 0. The topological polar surface area (TPSA) is 127 Å². The number of hydrogen-bond donors (Lipinski definition) is 2. The van der Waals surface area contributed by atoms with Gasteiger partial charge in [0.05, 0.1) is 4.90 Å². The van der Waals surface area contributed by atoms with Crippen LogP contribution < -0.4 is 4.72 Å². The molecule has 0 aliphatic heterocycles. The molecule has 0 saturated heterocycles. The first kappa shape index (κ1) is 24.7. The fourth-order valence-electron chi connectivity index (χ4n) is 2.64. The van der Waals surface area contributed by atoms with Crippen molar-refractivity contribution in [1.29, 1.82) is 0 Å². The number of carboxylic acid groups (broad SMARTS) is 1. The molecule has 0 aliphatic rings. The molecule has 0 radical (unpaired) electrons. The van der Waals surface area contributed by atoms with E-state index in [4.69, 9.17) is 5.11 Å². The van der Waals surface area contributed by atoms with Gasteiger partial charge in [-0.2, -0.15) is 4.72 Å². The molecule has 8 nitrogen and oxygen atoms in total. The van der Waals surface area contributed by atoms with E-state index in [9.17, 15) is 22.8 Å². The molecule has 0 fully saturated rings. The summed E-state index contributed by atoms with van der Waals surface area (Å²) in [6, 6.07) is 22.2. The summed E-state index contributed by atoms with van der Waals surface area (Å²) in [6.45, 7) is 0.492. The molecule has 0 heterocycles. The van der Waals surface area contributed by atoms with Gasteiger partial charge in [-0.3, -0.25) is 14.4 Å². The molecular weight excluding hydrogens is 434 g/mol. The lowest BCUT2D eigenvalue weighted by Crippen LogP contribution is -2.42. The Morgan fingerprint density at radius 3 is 1.78 bits per heavy atom. The van der Waals surface area contributed by atoms with Crippen molar-refractivity contribution in [3.8, 4) is 0 Å². The molecule has 0 saturated carbocycles. The van der Waals surface area contributed by atoms with Crippen molar-refractivity contribution >= 4 is 38.5 Å². The van der Waals surface area contributed by atoms with Crippen LogP contribution in [0.5, 0.6) is 0 Å². The van der Waals surface area contributed by atoms with Gasteiger partial charge in [-0.15, -0.1) is 0 Å². The van der Waals surface area contributed by atoms with E-state index in [1.807, 2.05) is 4.72 Å². The molecule has 0 aromatic heterocycles. The number of ether oxygens (including phenoxy) is 1. The van der Waals surface area contributed by atoms with Crippen LogP contribution in [0, 0.1) is 0 Å². The van der Waals surface area contributed by atoms with Crippen molar-refractivity contribution in [1.82, 2.24) is 4.72 Å². The zero-order valence-electron chi connectivity index (χ0n) is 17.3. The third-order valence-corrected chi connectivity index (χ3v) is 5.66. The van der Waals surface area contributed by atoms with Gasteiger partial charge in [0.2, 0.25) is 10.0 Å². The fourth-order valence-corrected chi connectivity index (χ4v) is 3.85. The number of carbonyl (C=O) groups is 3. The van der Waals surface area contributed by atoms with E-state index in [1.165, 1.54) is 35.0 Å². The molecule has 2 N–H and O–H groups in total. The minimum absolute atomic E-state index is 0.117. The summed E-state index contributed by atoms with van der Waals surface area (Å²) in [5, 5.41) is 11.6. The Kier molecular flexibility index (Phi) is 9.06. The number of Topliss-reactive ketones (excluding diaryl/α,β-unsaturated/α-hetero) is 1. The highest BCUT2D eigenvalue weighted by Crippen LogP contribution is 2.11. The first-order valence-corrected chi connectivity index (χ1v) is 11.1. The SMILES string of the molecule is CC(=O)OCC(=O)CC(NS(=O)(=O)c1ccccc1)C(=O)O.c1ccc2ccccc2c1. The number of nitrogens with one attached hydrogen (secondary N) is 1. The van der Waals surface area contributed by atoms with Crippen LogP contribution in [-0.2, 0) is 29.1 Å². The lowest BCUT2D eigenvalue weighted by atomic mass is 10.1. The largest absolute Gasteiger partial charge is 0.480 e. The van der Waals surface area contributed by atoms with Gasteiger partial charge in [-0.05, 0) is 22.9 Å². The Balaban J connectivity index is 0.000000297. The average Bonchev–Trinajstić information content (AvgIpc) is 2.78. The van der Waals surface area contributed by atoms with E-state index in [0.29, 0.717) is 0 Å². The van der Waals surface area contributed by atoms with Crippen LogP contribution >= 0.6 is 0 Å². The van der Waals surface area contributed by atoms with Crippen molar-refractivity contribution in [2.24, 2.45) is 0 Å². The molecule has 32 heavy (non-hydrogen) atoms. The molecule has 3 rings (SSSR count). The van der Waals surface area contributed by atoms with E-state index in [1.54, 1.807) is 6.07 Å². The van der Waals surface area contributed by atoms with Gasteiger partial charge >= 0.3 is 11.9 Å². The Bertz CT molecular complexity index is 1110. The minimum Gasteiger partial charge on any atom is -0.480 e. The summed E-state index contributed by atoms with van der Waals surface area (Å²) in [4.78, 5) is 33.1. The van der Waals surface area contributed by atoms with Crippen LogP contribution in [0.25, 0.3) is 10.8 Å². The van der Waals surface area contributed by atoms with Gasteiger partial charge in [0.1, 0.15) is 12.6 Å². The molecular formula is C23H23NO7S. The molecule has 3 aromatic rings. The van der Waals surface area contributed by atoms with Crippen LogP contribution in [0.4, 0.5) is 0 Å². The normalized spacial score (nSPS) is 11.7. The van der Waals surface area contributed by atoms with Crippen LogP contribution in [0.15, 0.2) is 83.8 Å². The van der Waals surface area contributed by atoms with Crippen LogP contribution in [0.1, 0.15) is 13.3 Å². The Labute approximate surface area is 185 Å². The number of fused-ring (bicyclic) bond motifs is 1. The average molecular weight is 458 g/mol. The fraction of sp³-hybridized carbons (Fsp3) is 0.174. The van der Waals surface area contributed by atoms with Gasteiger partial charge in [0.15, 0.2) is 5.78 Å². The monoisotopic (exact) mass is 457 g/mol. The molecule has 0 amide bonds. The van der Waals surface area contributed by atoms with E-state index in [2.05, 4.69) is 53.3 Å². The second kappa shape index (κ2) is 11.7. The summed E-state index contributed by atoms with van der Waals surface area (Å²) < 4.78 is 30.4. The number of esters is 1. The van der Waals surface area contributed by atoms with Crippen molar-refractivity contribution in [2.75, 3.05) is 6.61 Å². The third-order valence-electron chi connectivity index (χ3n) is 4.18. The van der Waals surface area contributed by atoms with Crippen LogP contribution in [-0.4, -0.2) is 43.9 Å². The van der Waals surface area contributed by atoms with Crippen LogP contribution in [0.2, 0.25) is 0 Å². The number of rotatable bonds is 8. The van der Waals surface area contributed by atoms with Gasteiger partial charge in [0, 0.05) is 13.3 Å². The van der Waals surface area contributed by atoms with Crippen molar-refractivity contribution in [3.63, 3.8) is 0 Å². The van der Waals surface area contributed by atoms with Gasteiger partial charge in [-0.1, -0.05) is 66.7 Å². The molecule has 0 aliphatic carbocycles. The molecule has 0 bridgehead atoms. The number of hydrogen-bond acceptors (Lipinski definition) is 6. The maximum absolute atomic E-state index is 12.0. The highest BCUT2D eigenvalue weighted by atomic mass is 32.2. The molecule has 9 heteroatoms. The second-order valence-electron chi connectivity index (χ2n) is 6.70. The number of aliphatic carboxylic acids is 1. The number of carbonyl (C=O) groups excluding carboxylic acids is 2. The van der Waals surface area contributed by atoms with Crippen molar-refractivity contribution < 1.29 is 32.6 Å². The Morgan fingerprint density at radius 1 is 0.875 bits per heavy atom. The molecule has 0 spiro atoms. The highest BCUT2D eigenvalue weighted by molar-refractivity contribution is 7.89. The summed E-state index contributed by atoms with van der Waals surface area (Å²) in [7, 11) is -4.07. The number of carboxylic acids is 1. The Morgan fingerprint density at radius 2 is 1.34 bits per heavy atom. The number of benzene rings is 3. The van der Waals surface area contributed by atoms with Crippen LogP contribution in [0.3, 0.4) is 0 Å². The van der Waals surface area contributed by atoms with E-state index in [0.717, 1.165) is 6.92 Å². The van der Waals surface area contributed by atoms with Gasteiger partial charge in [-0.25, -0.2) is 8.42 Å². The van der Waals surface area contributed by atoms with Crippen molar-refractivity contribution in [3.05, 3.63) is 78.9 Å². The van der Waals surface area contributed by atoms with Crippen molar-refractivity contribution in [2.45, 2.75) is 24.3 Å². The van der Waals surface area contributed by atoms with Gasteiger partial charge < -0.3 is 9.84 Å². The smallest absolute Gasteiger partial charge is 0.322 e. The van der Waals surface area contributed by atoms with E-state index in [-0.39, 0.29) is 4.90 Å². The molecule has 1 atom stereocenters. The summed E-state index contributed by atoms with van der Waals surface area (Å²) in [6.07, 6.45) is -0.630. The third kappa shape index (κ3) is 7.93. The molecule has 1 unspecified atom stereocenters. The number of sulfonamides is 1. The maximum atomic E-state index is 12.0. The molecule has 168 valence electrons. The number of ketones is 1. The lowest BCUT2D eigenvalue weighted by Gasteiger charge is -2.14. The predicted molar refractivity (Wildman–Crippen MR) is 118 cm³/mol. The predicted octanol–water partition coefficient (Wildman–Crippen LogP) is 2.78. The lowest BCUT2D eigenvalue weighted by molar-refractivity contribution is -0.146. The zero-order chi connectivity index (χ0) is 23.6. The summed E-state index contributed by atoms with van der Waals surface area (Å²) in [5.41, 5.74) is 0. The first-order valence-electron chi connectivity index (χ1n) is 9.58. The zero-order valence-corrected chi connectivity index (χ0v) is 18.1. The first-order chi connectivity index (χ1) is 15.2. The standard InChI is InChI=1S/C13H15NO7S.C10H8/c1-9(15)21-8-10(16)7-12(13(17)18)14-22(19,20)11-5-3-2-4-6-11;1-2-6-10-8-4-3-7-9(10)5-1/h2-6,12,14H,7-8H2,1H3,(H,17,18);1-8H. The van der Waals surface area contributed by atoms with Gasteiger partial charge in [0.25, 0.3) is 0 Å². The van der Waals surface area contributed by atoms with E-state index >= 15 is 0 Å². The Hall–Kier alpha value is -3.56. The molecule has 3 aromatic carbocycles. The summed E-state index contributed by atoms with van der Waals surface area (Å²) in [5.74, 6) is -2.90. The quantitative estimate of drug-likeness (QED) is 0.498. The highest BCUT2D eigenvalue weighted by Gasteiger charge is 2.27. The second-order valence-corrected chi connectivity index (χ2v) is 8.41. The maximum Gasteiger partial charge on any atom is 0.322 e. The van der Waals surface area contributed by atoms with E-state index < -0.39 is 46.8 Å². The minimum atomic E-state index is -4.07.